The van der Waals surface area contributed by atoms with Crippen LogP contribution < -0.4 is 10.6 Å². The number of anilines is 2. The Kier molecular flexibility index (Phi) is 4.24. The molecule has 7 heteroatoms. The zero-order chi connectivity index (χ0) is 15.5. The number of amides is 2. The van der Waals surface area contributed by atoms with E-state index in [0.29, 0.717) is 18.3 Å². The van der Waals surface area contributed by atoms with Crippen LogP contribution in [0.25, 0.3) is 10.2 Å². The lowest BCUT2D eigenvalue weighted by atomic mass is 10.3. The molecule has 2 aromatic heterocycles. The normalized spacial score (nSPS) is 14.3. The van der Waals surface area contributed by atoms with Gasteiger partial charge in [-0.2, -0.15) is 4.98 Å². The second-order valence-electron chi connectivity index (χ2n) is 5.29. The van der Waals surface area contributed by atoms with Crippen LogP contribution in [-0.4, -0.2) is 40.5 Å². The zero-order valence-corrected chi connectivity index (χ0v) is 13.4. The Morgan fingerprint density at radius 2 is 2.23 bits per heavy atom. The number of aromatic nitrogens is 2. The molecule has 1 aliphatic rings. The number of hydrogen-bond donors (Lipinski definition) is 2. The van der Waals surface area contributed by atoms with E-state index >= 15 is 0 Å². The van der Waals surface area contributed by atoms with E-state index in [4.69, 9.17) is 0 Å². The van der Waals surface area contributed by atoms with Crippen molar-refractivity contribution in [3.05, 3.63) is 23.6 Å². The summed E-state index contributed by atoms with van der Waals surface area (Å²) < 4.78 is 0.911. The Bertz CT molecular complexity index is 705. The number of likely N-dealkylation sites (tertiary alicyclic amines) is 1. The van der Waals surface area contributed by atoms with Gasteiger partial charge in [0.2, 0.25) is 5.95 Å². The topological polar surface area (TPSA) is 70.2 Å². The van der Waals surface area contributed by atoms with Gasteiger partial charge in [0.15, 0.2) is 5.82 Å². The van der Waals surface area contributed by atoms with Crippen LogP contribution in [0.3, 0.4) is 0 Å². The lowest BCUT2D eigenvalue weighted by molar-refractivity contribution is 0.222. The summed E-state index contributed by atoms with van der Waals surface area (Å²) in [6, 6.07) is -0.0850. The van der Waals surface area contributed by atoms with E-state index in [1.807, 2.05) is 17.2 Å². The third-order valence-electron chi connectivity index (χ3n) is 3.62. The molecule has 2 aromatic rings. The van der Waals surface area contributed by atoms with Gasteiger partial charge in [-0.25, -0.2) is 9.78 Å². The van der Waals surface area contributed by atoms with Gasteiger partial charge in [-0.05, 0) is 30.7 Å². The molecule has 2 N–H and O–H groups in total. The molecule has 1 aliphatic heterocycles. The summed E-state index contributed by atoms with van der Waals surface area (Å²) in [6.45, 7) is 7.88. The summed E-state index contributed by atoms with van der Waals surface area (Å²) in [5, 5.41) is 8.05. The summed E-state index contributed by atoms with van der Waals surface area (Å²) in [5.74, 6) is 1.08. The van der Waals surface area contributed by atoms with Crippen LogP contribution in [-0.2, 0) is 0 Å². The predicted molar refractivity (Wildman–Crippen MR) is 90.7 cm³/mol. The van der Waals surface area contributed by atoms with Gasteiger partial charge in [0.1, 0.15) is 0 Å². The van der Waals surface area contributed by atoms with E-state index in [2.05, 4.69) is 27.2 Å². The lowest BCUT2D eigenvalue weighted by Gasteiger charge is -2.16. The largest absolute Gasteiger partial charge is 0.351 e. The molecule has 0 radical (unpaired) electrons. The minimum atomic E-state index is -0.0850. The molecule has 0 aliphatic carbocycles. The van der Waals surface area contributed by atoms with Crippen molar-refractivity contribution >= 4 is 39.4 Å². The number of urea groups is 1. The summed E-state index contributed by atoms with van der Waals surface area (Å²) >= 11 is 1.55. The molecule has 3 heterocycles. The summed E-state index contributed by atoms with van der Waals surface area (Å²) in [5.41, 5.74) is 1.96. The standard InChI is InChI=1S/C15H19N5OS/c1-3-6-16-14-17-11-10(2)9-22-12(11)13(18-14)19-15(21)20-7-4-5-8-20/h3,9H,1,4-8H2,2H3,(H2,16,17,18,19,21). The Hall–Kier alpha value is -2.15. The third-order valence-corrected chi connectivity index (χ3v) is 4.71. The Balaban J connectivity index is 1.91. The van der Waals surface area contributed by atoms with Crippen LogP contribution in [0.4, 0.5) is 16.6 Å². The molecule has 6 nitrogen and oxygen atoms in total. The molecule has 2 amide bonds. The quantitative estimate of drug-likeness (QED) is 0.849. The highest BCUT2D eigenvalue weighted by Gasteiger charge is 2.20. The van der Waals surface area contributed by atoms with Gasteiger partial charge in [-0.15, -0.1) is 17.9 Å². The van der Waals surface area contributed by atoms with Gasteiger partial charge in [0.05, 0.1) is 10.2 Å². The SMILES string of the molecule is C=CCNc1nc(NC(=O)N2CCCC2)c2scc(C)c2n1. The van der Waals surface area contributed by atoms with Crippen molar-refractivity contribution in [1.82, 2.24) is 14.9 Å². The molecule has 0 spiro atoms. The Morgan fingerprint density at radius 3 is 2.95 bits per heavy atom. The third kappa shape index (κ3) is 2.89. The first-order chi connectivity index (χ1) is 10.7. The molecule has 3 rings (SSSR count). The van der Waals surface area contributed by atoms with Crippen molar-refractivity contribution in [2.24, 2.45) is 0 Å². The first kappa shape index (κ1) is 14.8. The van der Waals surface area contributed by atoms with Crippen molar-refractivity contribution in [3.63, 3.8) is 0 Å². The number of carbonyl (C=O) groups is 1. The first-order valence-electron chi connectivity index (χ1n) is 7.35. The van der Waals surface area contributed by atoms with Gasteiger partial charge in [-0.1, -0.05) is 6.08 Å². The molecule has 116 valence electrons. The lowest BCUT2D eigenvalue weighted by Crippen LogP contribution is -2.32. The number of thiophene rings is 1. The van der Waals surface area contributed by atoms with E-state index in [0.717, 1.165) is 41.7 Å². The van der Waals surface area contributed by atoms with Gasteiger partial charge >= 0.3 is 6.03 Å². The number of aryl methyl sites for hydroxylation is 1. The number of fused-ring (bicyclic) bond motifs is 1. The fourth-order valence-corrected chi connectivity index (χ4v) is 3.39. The van der Waals surface area contributed by atoms with Crippen LogP contribution in [0.1, 0.15) is 18.4 Å². The summed E-state index contributed by atoms with van der Waals surface area (Å²) in [6.07, 6.45) is 3.88. The van der Waals surface area contributed by atoms with E-state index in [-0.39, 0.29) is 6.03 Å². The number of nitrogens with one attached hydrogen (secondary N) is 2. The molecular formula is C15H19N5OS. The highest BCUT2D eigenvalue weighted by Crippen LogP contribution is 2.30. The average Bonchev–Trinajstić information content (AvgIpc) is 3.16. The van der Waals surface area contributed by atoms with Crippen molar-refractivity contribution in [2.45, 2.75) is 19.8 Å². The van der Waals surface area contributed by atoms with Crippen LogP contribution in [0, 0.1) is 6.92 Å². The molecule has 0 bridgehead atoms. The first-order valence-corrected chi connectivity index (χ1v) is 8.23. The van der Waals surface area contributed by atoms with Crippen LogP contribution in [0.5, 0.6) is 0 Å². The van der Waals surface area contributed by atoms with E-state index < -0.39 is 0 Å². The van der Waals surface area contributed by atoms with Gasteiger partial charge in [-0.3, -0.25) is 5.32 Å². The Labute approximate surface area is 133 Å². The highest BCUT2D eigenvalue weighted by molar-refractivity contribution is 7.18. The van der Waals surface area contributed by atoms with Gasteiger partial charge < -0.3 is 10.2 Å². The predicted octanol–water partition coefficient (Wildman–Crippen LogP) is 3.23. The number of rotatable bonds is 4. The fourth-order valence-electron chi connectivity index (χ4n) is 2.46. The molecule has 0 unspecified atom stereocenters. The highest BCUT2D eigenvalue weighted by atomic mass is 32.1. The Morgan fingerprint density at radius 1 is 1.45 bits per heavy atom. The smallest absolute Gasteiger partial charge is 0.323 e. The maximum atomic E-state index is 12.3. The molecular weight excluding hydrogens is 298 g/mol. The molecule has 1 fully saturated rings. The van der Waals surface area contributed by atoms with Crippen LogP contribution in [0.15, 0.2) is 18.0 Å². The minimum Gasteiger partial charge on any atom is -0.351 e. The molecule has 0 aromatic carbocycles. The van der Waals surface area contributed by atoms with Crippen molar-refractivity contribution in [1.29, 1.82) is 0 Å². The van der Waals surface area contributed by atoms with Gasteiger partial charge in [0.25, 0.3) is 0 Å². The van der Waals surface area contributed by atoms with Crippen molar-refractivity contribution in [2.75, 3.05) is 30.3 Å². The number of nitrogens with zero attached hydrogens (tertiary/aromatic N) is 3. The number of hydrogen-bond acceptors (Lipinski definition) is 5. The van der Waals surface area contributed by atoms with Crippen molar-refractivity contribution < 1.29 is 4.79 Å². The zero-order valence-electron chi connectivity index (χ0n) is 12.6. The monoisotopic (exact) mass is 317 g/mol. The van der Waals surface area contributed by atoms with Crippen LogP contribution >= 0.6 is 11.3 Å². The molecule has 0 saturated carbocycles. The average molecular weight is 317 g/mol. The fraction of sp³-hybridized carbons (Fsp3) is 0.400. The van der Waals surface area contributed by atoms with Crippen molar-refractivity contribution in [3.8, 4) is 0 Å². The second-order valence-corrected chi connectivity index (χ2v) is 6.17. The molecule has 1 saturated heterocycles. The second kappa shape index (κ2) is 6.31. The summed E-state index contributed by atoms with van der Waals surface area (Å²) in [4.78, 5) is 23.1. The van der Waals surface area contributed by atoms with E-state index in [9.17, 15) is 4.79 Å². The maximum absolute atomic E-state index is 12.3. The van der Waals surface area contributed by atoms with E-state index in [1.54, 1.807) is 17.4 Å². The molecule has 22 heavy (non-hydrogen) atoms. The van der Waals surface area contributed by atoms with E-state index in [1.165, 1.54) is 0 Å². The minimum absolute atomic E-state index is 0.0850. The number of carbonyl (C=O) groups excluding carboxylic acids is 1. The maximum Gasteiger partial charge on any atom is 0.323 e. The van der Waals surface area contributed by atoms with Crippen LogP contribution in [0.2, 0.25) is 0 Å². The summed E-state index contributed by atoms with van der Waals surface area (Å²) in [7, 11) is 0. The van der Waals surface area contributed by atoms with Gasteiger partial charge in [0, 0.05) is 19.6 Å². The molecule has 0 atom stereocenters.